The number of likely N-dealkylation sites (tertiary alicyclic amines) is 1. The number of thiophene rings is 1. The van der Waals surface area contributed by atoms with E-state index in [0.717, 1.165) is 29.7 Å². The van der Waals surface area contributed by atoms with Crippen LogP contribution in [0.25, 0.3) is 0 Å². The summed E-state index contributed by atoms with van der Waals surface area (Å²) in [7, 11) is 1.53. The number of carboxylic acid groups (broad SMARTS) is 1. The minimum Gasteiger partial charge on any atom is -0.481 e. The monoisotopic (exact) mass is 407 g/mol. The summed E-state index contributed by atoms with van der Waals surface area (Å²) in [5.41, 5.74) is 0.826. The Hall–Kier alpha value is -2.68. The van der Waals surface area contributed by atoms with Crippen LogP contribution in [0.1, 0.15) is 40.5 Å². The van der Waals surface area contributed by atoms with Crippen LogP contribution in [-0.4, -0.2) is 47.2 Å². The van der Waals surface area contributed by atoms with E-state index in [1.807, 2.05) is 6.07 Å². The van der Waals surface area contributed by atoms with Crippen LogP contribution in [0.3, 0.4) is 0 Å². The molecule has 0 bridgehead atoms. The van der Waals surface area contributed by atoms with Crippen molar-refractivity contribution >= 4 is 23.3 Å². The van der Waals surface area contributed by atoms with Crippen molar-refractivity contribution in [1.82, 2.24) is 15.2 Å². The molecule has 7 nitrogen and oxygen atoms in total. The predicted octanol–water partition coefficient (Wildman–Crippen LogP) is 3.54. The van der Waals surface area contributed by atoms with Crippen LogP contribution in [0.4, 0.5) is 9.18 Å². The molecule has 1 atom stereocenters. The number of carbonyl (C=O) groups is 2. The number of amides is 2. The number of methoxy groups -OCH3 is 1. The molecule has 0 aliphatic carbocycles. The van der Waals surface area contributed by atoms with Crippen LogP contribution in [0.15, 0.2) is 30.5 Å². The van der Waals surface area contributed by atoms with Crippen molar-refractivity contribution < 1.29 is 23.8 Å². The van der Waals surface area contributed by atoms with E-state index in [2.05, 4.69) is 10.3 Å². The predicted molar refractivity (Wildman–Crippen MR) is 102 cm³/mol. The number of hydrogen-bond acceptors (Lipinski definition) is 5. The third kappa shape index (κ3) is 4.98. The summed E-state index contributed by atoms with van der Waals surface area (Å²) >= 11 is 0.802. The molecule has 1 aliphatic heterocycles. The number of pyridine rings is 1. The van der Waals surface area contributed by atoms with Crippen LogP contribution in [0.2, 0.25) is 0 Å². The van der Waals surface area contributed by atoms with Gasteiger partial charge in [-0.15, -0.1) is 11.3 Å². The second kappa shape index (κ2) is 9.01. The van der Waals surface area contributed by atoms with Crippen LogP contribution in [0, 0.1) is 11.0 Å². The second-order valence-electron chi connectivity index (χ2n) is 6.71. The molecule has 2 amide bonds. The molecular weight excluding hydrogens is 385 g/mol. The number of piperidine rings is 1. The Morgan fingerprint density at radius 2 is 2.11 bits per heavy atom. The van der Waals surface area contributed by atoms with Gasteiger partial charge in [0, 0.05) is 25.4 Å². The molecular formula is C19H22FN3O4S. The Morgan fingerprint density at radius 3 is 2.64 bits per heavy atom. The highest BCUT2D eigenvalue weighted by molar-refractivity contribution is 7.12. The van der Waals surface area contributed by atoms with Crippen LogP contribution in [-0.2, 0) is 0 Å². The molecule has 0 aromatic carbocycles. The maximum absolute atomic E-state index is 13.3. The van der Waals surface area contributed by atoms with Gasteiger partial charge in [-0.25, -0.2) is 9.78 Å². The summed E-state index contributed by atoms with van der Waals surface area (Å²) in [4.78, 5) is 29.6. The molecule has 28 heavy (non-hydrogen) atoms. The second-order valence-corrected chi connectivity index (χ2v) is 7.75. The quantitative estimate of drug-likeness (QED) is 0.764. The van der Waals surface area contributed by atoms with Crippen molar-refractivity contribution in [2.45, 2.75) is 25.3 Å². The van der Waals surface area contributed by atoms with Crippen molar-refractivity contribution in [3.8, 4) is 5.88 Å². The van der Waals surface area contributed by atoms with E-state index in [-0.39, 0.29) is 17.9 Å². The van der Waals surface area contributed by atoms with Gasteiger partial charge in [0.05, 0.1) is 18.0 Å². The van der Waals surface area contributed by atoms with E-state index in [4.69, 9.17) is 9.84 Å². The van der Waals surface area contributed by atoms with E-state index in [1.165, 1.54) is 24.1 Å². The minimum atomic E-state index is -0.901. The lowest BCUT2D eigenvalue weighted by molar-refractivity contribution is 0.0926. The first-order chi connectivity index (χ1) is 13.5. The molecule has 1 saturated heterocycles. The van der Waals surface area contributed by atoms with Crippen molar-refractivity contribution in [2.75, 3.05) is 20.2 Å². The van der Waals surface area contributed by atoms with Crippen LogP contribution < -0.4 is 10.1 Å². The Kier molecular flexibility index (Phi) is 6.45. The zero-order valence-electron chi connectivity index (χ0n) is 15.4. The third-order valence-corrected chi connectivity index (χ3v) is 5.80. The molecule has 1 aliphatic rings. The zero-order chi connectivity index (χ0) is 20.1. The molecule has 3 heterocycles. The number of hydrogen-bond donors (Lipinski definition) is 2. The topological polar surface area (TPSA) is 91.8 Å². The Morgan fingerprint density at radius 1 is 1.36 bits per heavy atom. The highest BCUT2D eigenvalue weighted by Crippen LogP contribution is 2.29. The molecule has 2 aromatic heterocycles. The average molecular weight is 407 g/mol. The fourth-order valence-electron chi connectivity index (χ4n) is 3.36. The van der Waals surface area contributed by atoms with Crippen LogP contribution in [0.5, 0.6) is 5.88 Å². The number of halogens is 1. The first kappa shape index (κ1) is 20.1. The lowest BCUT2D eigenvalue weighted by Gasteiger charge is -2.32. The fraction of sp³-hybridized carbons (Fsp3) is 0.421. The SMILES string of the molecule is COc1ccc([C@H](CC2CCN(C(=O)O)CC2)NC(=O)c2ccc(F)s2)cn1. The number of nitrogens with one attached hydrogen (secondary N) is 1. The van der Waals surface area contributed by atoms with Gasteiger partial charge in [-0.3, -0.25) is 4.79 Å². The van der Waals surface area contributed by atoms with Gasteiger partial charge < -0.3 is 20.1 Å². The molecule has 1 fully saturated rings. The summed E-state index contributed by atoms with van der Waals surface area (Å²) in [5.74, 6) is 0.407. The van der Waals surface area contributed by atoms with E-state index >= 15 is 0 Å². The first-order valence-corrected chi connectivity index (χ1v) is 9.82. The van der Waals surface area contributed by atoms with E-state index in [0.29, 0.717) is 30.3 Å². The normalized spacial score (nSPS) is 15.9. The standard InChI is InChI=1S/C19H22FN3O4S/c1-27-17-5-2-13(11-21-17)14(22-18(24)15-3-4-16(20)28-15)10-12-6-8-23(9-7-12)19(25)26/h2-5,11-12,14H,6-10H2,1H3,(H,22,24)(H,25,26)/t14-/m0/s1. The van der Waals surface area contributed by atoms with Gasteiger partial charge in [-0.2, -0.15) is 4.39 Å². The lowest BCUT2D eigenvalue weighted by atomic mass is 9.88. The number of rotatable bonds is 6. The van der Waals surface area contributed by atoms with E-state index in [1.54, 1.807) is 12.3 Å². The van der Waals surface area contributed by atoms with Crippen molar-refractivity contribution in [2.24, 2.45) is 5.92 Å². The van der Waals surface area contributed by atoms with Gasteiger partial charge in [0.1, 0.15) is 0 Å². The first-order valence-electron chi connectivity index (χ1n) is 9.00. The van der Waals surface area contributed by atoms with Gasteiger partial charge >= 0.3 is 6.09 Å². The highest BCUT2D eigenvalue weighted by atomic mass is 32.1. The van der Waals surface area contributed by atoms with Crippen molar-refractivity contribution in [3.05, 3.63) is 46.0 Å². The van der Waals surface area contributed by atoms with Gasteiger partial charge in [0.25, 0.3) is 5.91 Å². The average Bonchev–Trinajstić information content (AvgIpc) is 3.14. The molecule has 0 unspecified atom stereocenters. The number of aromatic nitrogens is 1. The highest BCUT2D eigenvalue weighted by Gasteiger charge is 2.27. The van der Waals surface area contributed by atoms with Gasteiger partial charge in [-0.1, -0.05) is 6.07 Å². The maximum atomic E-state index is 13.3. The summed E-state index contributed by atoms with van der Waals surface area (Å²) in [6.07, 6.45) is 2.88. The summed E-state index contributed by atoms with van der Waals surface area (Å²) < 4.78 is 18.4. The molecule has 2 N–H and O–H groups in total. The summed E-state index contributed by atoms with van der Waals surface area (Å²) in [5, 5.41) is 11.7. The van der Waals surface area contributed by atoms with E-state index in [9.17, 15) is 14.0 Å². The largest absolute Gasteiger partial charge is 0.481 e. The fourth-order valence-corrected chi connectivity index (χ4v) is 3.99. The molecule has 0 saturated carbocycles. The molecule has 3 rings (SSSR count). The third-order valence-electron chi connectivity index (χ3n) is 4.93. The van der Waals surface area contributed by atoms with Gasteiger partial charge in [0.15, 0.2) is 5.13 Å². The maximum Gasteiger partial charge on any atom is 0.407 e. The smallest absolute Gasteiger partial charge is 0.407 e. The van der Waals surface area contributed by atoms with Crippen molar-refractivity contribution in [3.63, 3.8) is 0 Å². The van der Waals surface area contributed by atoms with Crippen molar-refractivity contribution in [1.29, 1.82) is 0 Å². The molecule has 0 radical (unpaired) electrons. The van der Waals surface area contributed by atoms with Crippen LogP contribution >= 0.6 is 11.3 Å². The summed E-state index contributed by atoms with van der Waals surface area (Å²) in [6.45, 7) is 0.968. The molecule has 150 valence electrons. The number of carbonyl (C=O) groups excluding carboxylic acids is 1. The van der Waals surface area contributed by atoms with E-state index < -0.39 is 11.2 Å². The molecule has 2 aromatic rings. The van der Waals surface area contributed by atoms with Gasteiger partial charge in [0.2, 0.25) is 5.88 Å². The summed E-state index contributed by atoms with van der Waals surface area (Å²) in [6, 6.07) is 6.00. The van der Waals surface area contributed by atoms with Gasteiger partial charge in [-0.05, 0) is 42.9 Å². The number of nitrogens with zero attached hydrogens (tertiary/aromatic N) is 2. The molecule has 9 heteroatoms. The Balaban J connectivity index is 1.72. The lowest BCUT2D eigenvalue weighted by Crippen LogP contribution is -2.39. The zero-order valence-corrected chi connectivity index (χ0v) is 16.2. The Bertz CT molecular complexity index is 819. The molecule has 0 spiro atoms. The number of ether oxygens (including phenoxy) is 1. The minimum absolute atomic E-state index is 0.267. The Labute approximate surface area is 166 Å².